The third-order valence-corrected chi connectivity index (χ3v) is 6.44. The van der Waals surface area contributed by atoms with E-state index < -0.39 is 5.97 Å². The van der Waals surface area contributed by atoms with Crippen LogP contribution in [0.3, 0.4) is 0 Å². The molecule has 0 radical (unpaired) electrons. The van der Waals surface area contributed by atoms with Gasteiger partial charge < -0.3 is 23.8 Å². The van der Waals surface area contributed by atoms with Gasteiger partial charge in [0.2, 0.25) is 5.75 Å². The first-order chi connectivity index (χ1) is 17.3. The summed E-state index contributed by atoms with van der Waals surface area (Å²) in [4.78, 5) is 32.5. The second-order valence-electron chi connectivity index (χ2n) is 9.31. The number of benzene rings is 2. The summed E-state index contributed by atoms with van der Waals surface area (Å²) in [6, 6.07) is 12.5. The van der Waals surface area contributed by atoms with Crippen LogP contribution in [-0.4, -0.2) is 62.8 Å². The van der Waals surface area contributed by atoms with Gasteiger partial charge in [0.15, 0.2) is 18.1 Å². The number of ether oxygens (including phenoxy) is 4. The van der Waals surface area contributed by atoms with Crippen molar-refractivity contribution in [2.75, 3.05) is 41.0 Å². The topological polar surface area (TPSA) is 87.2 Å². The van der Waals surface area contributed by atoms with Gasteiger partial charge in [-0.05, 0) is 42.5 Å². The van der Waals surface area contributed by atoms with Crippen molar-refractivity contribution in [3.63, 3.8) is 0 Å². The number of hydrogen-bond donors (Lipinski definition) is 0. The molecule has 0 spiro atoms. The van der Waals surface area contributed by atoms with Crippen LogP contribution in [0.5, 0.6) is 17.2 Å². The van der Waals surface area contributed by atoms with E-state index in [1.807, 2.05) is 24.3 Å². The van der Waals surface area contributed by atoms with Crippen LogP contribution in [0.25, 0.3) is 22.2 Å². The largest absolute Gasteiger partial charge is 0.493 e. The maximum Gasteiger partial charge on any atom is 0.339 e. The van der Waals surface area contributed by atoms with E-state index in [1.165, 1.54) is 7.11 Å². The van der Waals surface area contributed by atoms with Crippen molar-refractivity contribution in [2.24, 2.45) is 11.8 Å². The molecule has 8 heteroatoms. The third-order valence-electron chi connectivity index (χ3n) is 6.44. The van der Waals surface area contributed by atoms with Crippen LogP contribution in [0, 0.1) is 11.8 Å². The van der Waals surface area contributed by atoms with Crippen LogP contribution in [0.15, 0.2) is 42.5 Å². The molecule has 0 N–H and O–H groups in total. The zero-order valence-corrected chi connectivity index (χ0v) is 21.4. The fraction of sp³-hybridized carbons (Fsp3) is 0.393. The first kappa shape index (κ1) is 25.3. The molecule has 1 amide bonds. The molecular weight excluding hydrogens is 460 g/mol. The molecule has 1 aliphatic rings. The fourth-order valence-electron chi connectivity index (χ4n) is 4.88. The number of pyridine rings is 1. The summed E-state index contributed by atoms with van der Waals surface area (Å²) in [5.74, 6) is 1.52. The molecule has 0 aliphatic carbocycles. The molecule has 2 aromatic carbocycles. The molecule has 2 heterocycles. The summed E-state index contributed by atoms with van der Waals surface area (Å²) in [7, 11) is 4.62. The van der Waals surface area contributed by atoms with E-state index >= 15 is 0 Å². The van der Waals surface area contributed by atoms with Gasteiger partial charge in [-0.15, -0.1) is 0 Å². The second kappa shape index (κ2) is 10.8. The van der Waals surface area contributed by atoms with Crippen LogP contribution in [0.1, 0.15) is 30.6 Å². The SMILES string of the molecule is COc1cc(-c2cc(C(=O)OCC(=O)N3CC(C)CC(C)C3)c3ccccc3n2)cc(OC)c1OC. The number of carbonyl (C=O) groups excluding carboxylic acids is 2. The number of piperidine rings is 1. The number of carbonyl (C=O) groups is 2. The molecule has 1 aromatic heterocycles. The van der Waals surface area contributed by atoms with Crippen LogP contribution in [0.4, 0.5) is 0 Å². The number of likely N-dealkylation sites (tertiary alicyclic amines) is 1. The monoisotopic (exact) mass is 492 g/mol. The molecule has 36 heavy (non-hydrogen) atoms. The highest BCUT2D eigenvalue weighted by molar-refractivity contribution is 6.05. The lowest BCUT2D eigenvalue weighted by atomic mass is 9.92. The number of esters is 1. The molecule has 1 fully saturated rings. The van der Waals surface area contributed by atoms with E-state index in [0.717, 1.165) is 6.42 Å². The van der Waals surface area contributed by atoms with Crippen LogP contribution in [-0.2, 0) is 9.53 Å². The Hall–Kier alpha value is -3.81. The average Bonchev–Trinajstić information content (AvgIpc) is 2.89. The van der Waals surface area contributed by atoms with Gasteiger partial charge >= 0.3 is 5.97 Å². The zero-order chi connectivity index (χ0) is 25.8. The Morgan fingerprint density at radius 3 is 2.19 bits per heavy atom. The van der Waals surface area contributed by atoms with Crippen LogP contribution >= 0.6 is 0 Å². The Morgan fingerprint density at radius 2 is 1.58 bits per heavy atom. The van der Waals surface area contributed by atoms with Crippen molar-refractivity contribution >= 4 is 22.8 Å². The third kappa shape index (κ3) is 5.22. The van der Waals surface area contributed by atoms with Crippen LogP contribution < -0.4 is 14.2 Å². The standard InChI is InChI=1S/C28H32N2O6/c1-17-10-18(2)15-30(14-17)26(31)16-36-28(32)21-13-23(29-22-9-7-6-8-20(21)22)19-11-24(33-3)27(35-5)25(12-19)34-4/h6-9,11-13,17-18H,10,14-16H2,1-5H3. The van der Waals surface area contributed by atoms with E-state index in [1.54, 1.807) is 37.3 Å². The molecule has 4 rings (SSSR count). The highest BCUT2D eigenvalue weighted by atomic mass is 16.5. The van der Waals surface area contributed by atoms with Crippen LogP contribution in [0.2, 0.25) is 0 Å². The first-order valence-electron chi connectivity index (χ1n) is 12.0. The summed E-state index contributed by atoms with van der Waals surface area (Å²) >= 11 is 0. The Morgan fingerprint density at radius 1 is 0.944 bits per heavy atom. The Labute approximate surface area is 211 Å². The van der Waals surface area contributed by atoms with Gasteiger partial charge in [-0.2, -0.15) is 0 Å². The van der Waals surface area contributed by atoms with Gasteiger partial charge in [-0.1, -0.05) is 32.0 Å². The van der Waals surface area contributed by atoms with E-state index in [2.05, 4.69) is 13.8 Å². The minimum atomic E-state index is -0.575. The summed E-state index contributed by atoms with van der Waals surface area (Å²) < 4.78 is 21.9. The Balaban J connectivity index is 1.65. The van der Waals surface area contributed by atoms with Crippen molar-refractivity contribution in [3.05, 3.63) is 48.0 Å². The van der Waals surface area contributed by atoms with Gasteiger partial charge in [-0.25, -0.2) is 9.78 Å². The number of rotatable bonds is 7. The molecular formula is C28H32N2O6. The van der Waals surface area contributed by atoms with Crippen molar-refractivity contribution < 1.29 is 28.5 Å². The first-order valence-corrected chi connectivity index (χ1v) is 12.0. The molecule has 3 aromatic rings. The molecule has 0 bridgehead atoms. The lowest BCUT2D eigenvalue weighted by Crippen LogP contribution is -2.44. The summed E-state index contributed by atoms with van der Waals surface area (Å²) in [5.41, 5.74) is 2.17. The maximum absolute atomic E-state index is 13.2. The smallest absolute Gasteiger partial charge is 0.339 e. The minimum Gasteiger partial charge on any atom is -0.493 e. The van der Waals surface area contributed by atoms with E-state index in [0.29, 0.717) is 69.9 Å². The maximum atomic E-state index is 13.2. The zero-order valence-electron chi connectivity index (χ0n) is 21.4. The number of nitrogens with zero attached hydrogens (tertiary/aromatic N) is 2. The predicted octanol–water partition coefficient (Wildman–Crippen LogP) is 4.59. The minimum absolute atomic E-state index is 0.176. The number of fused-ring (bicyclic) bond motifs is 1. The average molecular weight is 493 g/mol. The lowest BCUT2D eigenvalue weighted by molar-refractivity contribution is -0.137. The summed E-state index contributed by atoms with van der Waals surface area (Å²) in [6.45, 7) is 5.34. The molecule has 2 atom stereocenters. The summed E-state index contributed by atoms with van der Waals surface area (Å²) in [5, 5.41) is 0.645. The molecule has 8 nitrogen and oxygen atoms in total. The number of methoxy groups -OCH3 is 3. The number of amides is 1. The van der Waals surface area contributed by atoms with Gasteiger partial charge in [-0.3, -0.25) is 4.79 Å². The van der Waals surface area contributed by atoms with Gasteiger partial charge in [0.25, 0.3) is 5.91 Å². The van der Waals surface area contributed by atoms with Crippen molar-refractivity contribution in [3.8, 4) is 28.5 Å². The quantitative estimate of drug-likeness (QED) is 0.446. The molecule has 190 valence electrons. The van der Waals surface area contributed by atoms with Crippen molar-refractivity contribution in [1.29, 1.82) is 0 Å². The van der Waals surface area contributed by atoms with E-state index in [4.69, 9.17) is 23.9 Å². The van der Waals surface area contributed by atoms with Crippen molar-refractivity contribution in [1.82, 2.24) is 9.88 Å². The molecule has 1 saturated heterocycles. The van der Waals surface area contributed by atoms with Crippen molar-refractivity contribution in [2.45, 2.75) is 20.3 Å². The second-order valence-corrected chi connectivity index (χ2v) is 9.31. The fourth-order valence-corrected chi connectivity index (χ4v) is 4.88. The summed E-state index contributed by atoms with van der Waals surface area (Å²) in [6.07, 6.45) is 1.09. The molecule has 1 aliphatic heterocycles. The number of para-hydroxylation sites is 1. The van der Waals surface area contributed by atoms with Gasteiger partial charge in [0.1, 0.15) is 0 Å². The highest BCUT2D eigenvalue weighted by Crippen LogP contribution is 2.41. The lowest BCUT2D eigenvalue weighted by Gasteiger charge is -2.34. The van der Waals surface area contributed by atoms with E-state index in [-0.39, 0.29) is 12.5 Å². The van der Waals surface area contributed by atoms with Gasteiger partial charge in [0.05, 0.1) is 38.1 Å². The normalized spacial score (nSPS) is 17.5. The number of hydrogen-bond acceptors (Lipinski definition) is 7. The van der Waals surface area contributed by atoms with Gasteiger partial charge in [0, 0.05) is 24.0 Å². The number of aromatic nitrogens is 1. The highest BCUT2D eigenvalue weighted by Gasteiger charge is 2.26. The van der Waals surface area contributed by atoms with E-state index in [9.17, 15) is 9.59 Å². The Bertz CT molecular complexity index is 1240. The Kier molecular flexibility index (Phi) is 7.62. The predicted molar refractivity (Wildman–Crippen MR) is 137 cm³/mol. The molecule has 0 saturated carbocycles. The molecule has 2 unspecified atom stereocenters.